The fourth-order valence-corrected chi connectivity index (χ4v) is 2.28. The van der Waals surface area contributed by atoms with Gasteiger partial charge in [-0.1, -0.05) is 0 Å². The molecule has 0 aliphatic carbocycles. The van der Waals surface area contributed by atoms with Crippen molar-refractivity contribution in [3.8, 4) is 6.07 Å². The van der Waals surface area contributed by atoms with Crippen LogP contribution in [0, 0.1) is 11.3 Å². The van der Waals surface area contributed by atoms with Crippen LogP contribution in [0.5, 0.6) is 0 Å². The van der Waals surface area contributed by atoms with Crippen LogP contribution in [0.15, 0.2) is 60.7 Å². The molecule has 0 atom stereocenters. The Hall–Kier alpha value is -4.05. The van der Waals surface area contributed by atoms with E-state index in [2.05, 4.69) is 20.8 Å². The van der Waals surface area contributed by atoms with Crippen molar-refractivity contribution in [1.82, 2.24) is 10.2 Å². The number of hydrogen-bond acceptors (Lipinski definition) is 6. The zero-order valence-corrected chi connectivity index (χ0v) is 14.4. The lowest BCUT2D eigenvalue weighted by atomic mass is 10.1. The van der Waals surface area contributed by atoms with E-state index in [4.69, 9.17) is 5.26 Å². The second-order valence-corrected chi connectivity index (χ2v) is 5.71. The molecule has 3 rings (SSSR count). The van der Waals surface area contributed by atoms with Crippen LogP contribution in [0.2, 0.25) is 0 Å². The van der Waals surface area contributed by atoms with Gasteiger partial charge >= 0.3 is 0 Å². The highest BCUT2D eigenvalue weighted by molar-refractivity contribution is 6.02. The molecule has 27 heavy (non-hydrogen) atoms. The minimum atomic E-state index is -0.399. The summed E-state index contributed by atoms with van der Waals surface area (Å²) in [5.41, 5.74) is 2.62. The molecule has 0 saturated heterocycles. The molecular formula is C20H15N5O2. The number of nitrogens with one attached hydrogen (secondary N) is 2. The molecule has 0 aliphatic heterocycles. The molecule has 0 radical (unpaired) electrons. The summed E-state index contributed by atoms with van der Waals surface area (Å²) in [7, 11) is 0. The van der Waals surface area contributed by atoms with Crippen molar-refractivity contribution in [2.45, 2.75) is 6.92 Å². The number of Topliss-reactive ketones (excluding diaryl/α,β-unsaturated/α-hetero) is 1. The van der Waals surface area contributed by atoms with Gasteiger partial charge < -0.3 is 10.6 Å². The molecule has 0 aliphatic rings. The Balaban J connectivity index is 1.64. The monoisotopic (exact) mass is 357 g/mol. The normalized spacial score (nSPS) is 9.93. The maximum atomic E-state index is 12.2. The topological polar surface area (TPSA) is 108 Å². The van der Waals surface area contributed by atoms with Gasteiger partial charge in [-0.25, -0.2) is 0 Å². The number of anilines is 3. The average molecular weight is 357 g/mol. The van der Waals surface area contributed by atoms with Gasteiger partial charge in [0.1, 0.15) is 0 Å². The number of benzene rings is 2. The molecule has 7 nitrogen and oxygen atoms in total. The third kappa shape index (κ3) is 4.52. The van der Waals surface area contributed by atoms with Crippen LogP contribution < -0.4 is 10.6 Å². The molecule has 1 amide bonds. The molecule has 2 N–H and O–H groups in total. The predicted octanol–water partition coefficient (Wildman–Crippen LogP) is 3.55. The zero-order chi connectivity index (χ0) is 19.2. The summed E-state index contributed by atoms with van der Waals surface area (Å²) in [4.78, 5) is 23.5. The Bertz CT molecular complexity index is 1000. The molecule has 2 aromatic carbocycles. The summed E-state index contributed by atoms with van der Waals surface area (Å²) < 4.78 is 0. The Morgan fingerprint density at radius 3 is 2.11 bits per heavy atom. The minimum Gasteiger partial charge on any atom is -0.339 e. The largest absolute Gasteiger partial charge is 0.339 e. The third-order valence-corrected chi connectivity index (χ3v) is 3.73. The summed E-state index contributed by atoms with van der Waals surface area (Å²) in [5, 5.41) is 22.4. The number of aromatic nitrogens is 2. The van der Waals surface area contributed by atoms with E-state index in [1.54, 1.807) is 60.7 Å². The van der Waals surface area contributed by atoms with E-state index in [0.29, 0.717) is 22.6 Å². The second-order valence-electron chi connectivity index (χ2n) is 5.71. The first-order chi connectivity index (χ1) is 13.0. The first kappa shape index (κ1) is 17.8. The molecule has 0 fully saturated rings. The van der Waals surface area contributed by atoms with E-state index in [0.717, 1.165) is 5.69 Å². The molecule has 0 spiro atoms. The van der Waals surface area contributed by atoms with Crippen LogP contribution in [-0.4, -0.2) is 21.9 Å². The van der Waals surface area contributed by atoms with Gasteiger partial charge in [-0.15, -0.1) is 10.2 Å². The fraction of sp³-hybridized carbons (Fsp3) is 0.0500. The zero-order valence-electron chi connectivity index (χ0n) is 14.4. The van der Waals surface area contributed by atoms with Gasteiger partial charge in [-0.05, 0) is 67.6 Å². The number of hydrogen-bond donors (Lipinski definition) is 2. The van der Waals surface area contributed by atoms with E-state index < -0.39 is 5.91 Å². The molecule has 0 saturated carbocycles. The standard InChI is InChI=1S/C20H15N5O2/c1-13(26)15-4-8-16(9-5-15)22-19-11-10-18(24-25-19)20(27)23-17-6-2-14(12-21)3-7-17/h2-11H,1H3,(H,22,25)(H,23,27). The lowest BCUT2D eigenvalue weighted by molar-refractivity contribution is 0.101. The molecule has 0 unspecified atom stereocenters. The quantitative estimate of drug-likeness (QED) is 0.676. The number of nitrogens with zero attached hydrogens (tertiary/aromatic N) is 3. The van der Waals surface area contributed by atoms with E-state index in [9.17, 15) is 9.59 Å². The summed E-state index contributed by atoms with van der Waals surface area (Å²) >= 11 is 0. The van der Waals surface area contributed by atoms with Crippen LogP contribution in [0.25, 0.3) is 0 Å². The fourth-order valence-electron chi connectivity index (χ4n) is 2.28. The van der Waals surface area contributed by atoms with E-state index >= 15 is 0 Å². The van der Waals surface area contributed by atoms with Crippen molar-refractivity contribution in [3.63, 3.8) is 0 Å². The lowest BCUT2D eigenvalue weighted by Crippen LogP contribution is -2.14. The molecule has 3 aromatic rings. The van der Waals surface area contributed by atoms with E-state index in [1.807, 2.05) is 6.07 Å². The SMILES string of the molecule is CC(=O)c1ccc(Nc2ccc(C(=O)Nc3ccc(C#N)cc3)nn2)cc1. The first-order valence-corrected chi connectivity index (χ1v) is 8.08. The molecule has 7 heteroatoms. The van der Waals surface area contributed by atoms with E-state index in [-0.39, 0.29) is 11.5 Å². The number of rotatable bonds is 5. The summed E-state index contributed by atoms with van der Waals surface area (Å²) in [5.74, 6) is 0.0732. The highest BCUT2D eigenvalue weighted by atomic mass is 16.2. The van der Waals surface area contributed by atoms with Crippen molar-refractivity contribution >= 4 is 28.9 Å². The van der Waals surface area contributed by atoms with Gasteiger partial charge in [0.05, 0.1) is 11.6 Å². The van der Waals surface area contributed by atoms with Gasteiger partial charge in [0.15, 0.2) is 17.3 Å². The average Bonchev–Trinajstić information content (AvgIpc) is 2.69. The smallest absolute Gasteiger partial charge is 0.276 e. The third-order valence-electron chi connectivity index (χ3n) is 3.73. The Kier molecular flexibility index (Phi) is 5.19. The van der Waals surface area contributed by atoms with Crippen LogP contribution in [-0.2, 0) is 0 Å². The Labute approximate surface area is 155 Å². The van der Waals surface area contributed by atoms with Gasteiger partial charge in [-0.2, -0.15) is 5.26 Å². The minimum absolute atomic E-state index is 0.000953. The van der Waals surface area contributed by atoms with Crippen LogP contribution in [0.1, 0.15) is 33.3 Å². The second kappa shape index (κ2) is 7.89. The Morgan fingerprint density at radius 2 is 1.56 bits per heavy atom. The summed E-state index contributed by atoms with van der Waals surface area (Å²) in [6, 6.07) is 18.7. The predicted molar refractivity (Wildman–Crippen MR) is 101 cm³/mol. The number of ketones is 1. The number of carbonyl (C=O) groups is 2. The first-order valence-electron chi connectivity index (χ1n) is 8.08. The molecular weight excluding hydrogens is 342 g/mol. The lowest BCUT2D eigenvalue weighted by Gasteiger charge is -2.07. The van der Waals surface area contributed by atoms with Crippen molar-refractivity contribution in [2.24, 2.45) is 0 Å². The van der Waals surface area contributed by atoms with Crippen molar-refractivity contribution < 1.29 is 9.59 Å². The number of amides is 1. The highest BCUT2D eigenvalue weighted by Crippen LogP contribution is 2.16. The van der Waals surface area contributed by atoms with Gasteiger partial charge in [0.2, 0.25) is 0 Å². The molecule has 1 aromatic heterocycles. The van der Waals surface area contributed by atoms with Gasteiger partial charge in [0.25, 0.3) is 5.91 Å². The van der Waals surface area contributed by atoms with Gasteiger partial charge in [-0.3, -0.25) is 9.59 Å². The van der Waals surface area contributed by atoms with Crippen LogP contribution in [0.3, 0.4) is 0 Å². The van der Waals surface area contributed by atoms with Crippen molar-refractivity contribution in [1.29, 1.82) is 5.26 Å². The molecule has 1 heterocycles. The highest BCUT2D eigenvalue weighted by Gasteiger charge is 2.09. The molecule has 132 valence electrons. The summed E-state index contributed by atoms with van der Waals surface area (Å²) in [6.07, 6.45) is 0. The van der Waals surface area contributed by atoms with Crippen LogP contribution in [0.4, 0.5) is 17.2 Å². The maximum absolute atomic E-state index is 12.2. The van der Waals surface area contributed by atoms with Gasteiger partial charge in [0, 0.05) is 16.9 Å². The van der Waals surface area contributed by atoms with Crippen molar-refractivity contribution in [3.05, 3.63) is 77.5 Å². The van der Waals surface area contributed by atoms with Crippen LogP contribution >= 0.6 is 0 Å². The maximum Gasteiger partial charge on any atom is 0.276 e. The molecule has 0 bridgehead atoms. The number of nitriles is 1. The number of carbonyl (C=O) groups excluding carboxylic acids is 2. The Morgan fingerprint density at radius 1 is 0.889 bits per heavy atom. The van der Waals surface area contributed by atoms with Crippen molar-refractivity contribution in [2.75, 3.05) is 10.6 Å². The van der Waals surface area contributed by atoms with E-state index in [1.165, 1.54) is 6.92 Å². The summed E-state index contributed by atoms with van der Waals surface area (Å²) in [6.45, 7) is 1.51.